The van der Waals surface area contributed by atoms with Crippen LogP contribution in [0.1, 0.15) is 64.0 Å². The Morgan fingerprint density at radius 1 is 1.13 bits per heavy atom. The molecule has 30 heavy (non-hydrogen) atoms. The van der Waals surface area contributed by atoms with Crippen molar-refractivity contribution in [1.29, 1.82) is 0 Å². The van der Waals surface area contributed by atoms with Gasteiger partial charge in [-0.15, -0.1) is 0 Å². The van der Waals surface area contributed by atoms with Crippen LogP contribution in [0.3, 0.4) is 0 Å². The van der Waals surface area contributed by atoms with Gasteiger partial charge in [0.25, 0.3) is 5.69 Å². The number of benzene rings is 1. The molecule has 8 heteroatoms. The fourth-order valence-electron chi connectivity index (χ4n) is 5.28. The lowest BCUT2D eigenvalue weighted by Crippen LogP contribution is -2.49. The minimum atomic E-state index is -0.716. The number of nitrogens with one attached hydrogen (secondary N) is 1. The second-order valence-electron chi connectivity index (χ2n) is 9.17. The van der Waals surface area contributed by atoms with E-state index in [-0.39, 0.29) is 24.4 Å². The minimum Gasteiger partial charge on any atom is -0.454 e. The number of ether oxygens (including phenoxy) is 2. The van der Waals surface area contributed by atoms with Gasteiger partial charge in [-0.3, -0.25) is 19.8 Å². The zero-order chi connectivity index (χ0) is 21.3. The Balaban J connectivity index is 1.71. The Morgan fingerprint density at radius 2 is 1.77 bits per heavy atom. The third kappa shape index (κ3) is 4.38. The van der Waals surface area contributed by atoms with Crippen LogP contribution in [0.25, 0.3) is 0 Å². The van der Waals surface area contributed by atoms with E-state index in [9.17, 15) is 14.9 Å². The molecule has 3 aliphatic rings. The Labute approximate surface area is 177 Å². The summed E-state index contributed by atoms with van der Waals surface area (Å²) in [5, 5.41) is 15.1. The van der Waals surface area contributed by atoms with Crippen molar-refractivity contribution in [2.45, 2.75) is 64.5 Å². The molecule has 1 aromatic rings. The number of likely N-dealkylation sites (tertiary alicyclic amines) is 1. The molecule has 0 spiro atoms. The maximum absolute atomic E-state index is 13.6. The van der Waals surface area contributed by atoms with Crippen molar-refractivity contribution >= 4 is 11.6 Å². The highest BCUT2D eigenvalue weighted by Crippen LogP contribution is 2.42. The van der Waals surface area contributed by atoms with E-state index in [1.165, 1.54) is 12.5 Å². The Kier molecular flexibility index (Phi) is 6.13. The average molecular weight is 418 g/mol. The number of hydrogen-bond acceptors (Lipinski definition) is 6. The average Bonchev–Trinajstić information content (AvgIpc) is 3.15. The van der Waals surface area contributed by atoms with Crippen molar-refractivity contribution in [2.24, 2.45) is 11.8 Å². The first kappa shape index (κ1) is 20.9. The van der Waals surface area contributed by atoms with Crippen LogP contribution in [0, 0.1) is 22.0 Å². The quantitative estimate of drug-likeness (QED) is 0.579. The maximum atomic E-state index is 13.6. The van der Waals surface area contributed by atoms with Crippen LogP contribution in [0.2, 0.25) is 0 Å². The number of nitrogens with zero attached hydrogens (tertiary/aromatic N) is 2. The van der Waals surface area contributed by atoms with Gasteiger partial charge in [-0.25, -0.2) is 0 Å². The summed E-state index contributed by atoms with van der Waals surface area (Å²) >= 11 is 0. The summed E-state index contributed by atoms with van der Waals surface area (Å²) in [7, 11) is 0. The monoisotopic (exact) mass is 417 g/mol. The highest BCUT2D eigenvalue weighted by atomic mass is 16.7. The molecule has 0 bridgehead atoms. The van der Waals surface area contributed by atoms with Crippen LogP contribution in [0.5, 0.6) is 11.5 Å². The standard InChI is InChI=1S/C22H31N3O5/c1-14-8-15(2)12-24(11-14)21(22(26)23-16-6-4-3-5-7-16)17-9-19-20(30-13-29-19)10-18(17)25(27)28/h9-10,14-16,21H,3-8,11-13H2,1-2H3,(H,23,26). The number of fused-ring (bicyclic) bond motifs is 1. The van der Waals surface area contributed by atoms with Gasteiger partial charge >= 0.3 is 0 Å². The zero-order valence-electron chi connectivity index (χ0n) is 17.8. The molecule has 1 saturated carbocycles. The van der Waals surface area contributed by atoms with E-state index < -0.39 is 11.0 Å². The minimum absolute atomic E-state index is 0.0344. The van der Waals surface area contributed by atoms with Gasteiger partial charge in [0.05, 0.1) is 16.6 Å². The van der Waals surface area contributed by atoms with Gasteiger partial charge in [-0.1, -0.05) is 33.1 Å². The third-order valence-electron chi connectivity index (χ3n) is 6.48. The van der Waals surface area contributed by atoms with Gasteiger partial charge in [-0.05, 0) is 37.2 Å². The summed E-state index contributed by atoms with van der Waals surface area (Å²) in [5.41, 5.74) is 0.299. The number of rotatable bonds is 5. The van der Waals surface area contributed by atoms with E-state index >= 15 is 0 Å². The molecule has 0 radical (unpaired) electrons. The summed E-state index contributed by atoms with van der Waals surface area (Å²) in [6.07, 6.45) is 6.44. The Hall–Kier alpha value is -2.35. The lowest BCUT2D eigenvalue weighted by Gasteiger charge is -2.40. The van der Waals surface area contributed by atoms with Gasteiger partial charge in [0.1, 0.15) is 6.04 Å². The molecule has 1 N–H and O–H groups in total. The first-order valence-corrected chi connectivity index (χ1v) is 11.0. The summed E-state index contributed by atoms with van der Waals surface area (Å²) in [5.74, 6) is 1.52. The second kappa shape index (κ2) is 8.79. The van der Waals surface area contributed by atoms with Gasteiger partial charge < -0.3 is 14.8 Å². The first-order chi connectivity index (χ1) is 14.4. The van der Waals surface area contributed by atoms with Crippen LogP contribution in [-0.4, -0.2) is 41.7 Å². The summed E-state index contributed by atoms with van der Waals surface area (Å²) in [6, 6.07) is 2.46. The molecule has 2 heterocycles. The van der Waals surface area contributed by atoms with Crippen molar-refractivity contribution in [2.75, 3.05) is 19.9 Å². The topological polar surface area (TPSA) is 93.9 Å². The molecule has 3 unspecified atom stereocenters. The molecule has 1 aliphatic carbocycles. The van der Waals surface area contributed by atoms with Crippen molar-refractivity contribution < 1.29 is 19.2 Å². The third-order valence-corrected chi connectivity index (χ3v) is 6.48. The fourth-order valence-corrected chi connectivity index (χ4v) is 5.28. The SMILES string of the molecule is CC1CC(C)CN(C(C(=O)NC2CCCCC2)c2cc3c(cc2[N+](=O)[O-])OCO3)C1. The molecular formula is C22H31N3O5. The molecule has 3 atom stereocenters. The number of amides is 1. The van der Waals surface area contributed by atoms with Crippen LogP contribution < -0.4 is 14.8 Å². The van der Waals surface area contributed by atoms with E-state index in [1.54, 1.807) is 6.07 Å². The number of nitro benzene ring substituents is 1. The zero-order valence-corrected chi connectivity index (χ0v) is 17.8. The number of piperidine rings is 1. The number of hydrogen-bond donors (Lipinski definition) is 1. The number of carbonyl (C=O) groups is 1. The van der Waals surface area contributed by atoms with E-state index in [0.29, 0.717) is 28.9 Å². The number of carbonyl (C=O) groups excluding carboxylic acids is 1. The fraction of sp³-hybridized carbons (Fsp3) is 0.682. The maximum Gasteiger partial charge on any atom is 0.278 e. The molecular weight excluding hydrogens is 386 g/mol. The van der Waals surface area contributed by atoms with Crippen molar-refractivity contribution in [3.8, 4) is 11.5 Å². The highest BCUT2D eigenvalue weighted by Gasteiger charge is 2.39. The lowest BCUT2D eigenvalue weighted by atomic mass is 9.88. The summed E-state index contributed by atoms with van der Waals surface area (Å²) < 4.78 is 10.8. The predicted octanol–water partition coefficient (Wildman–Crippen LogP) is 3.79. The molecule has 1 saturated heterocycles. The van der Waals surface area contributed by atoms with Crippen LogP contribution >= 0.6 is 0 Å². The molecule has 4 rings (SSSR count). The summed E-state index contributed by atoms with van der Waals surface area (Å²) in [4.78, 5) is 27.2. The lowest BCUT2D eigenvalue weighted by molar-refractivity contribution is -0.386. The van der Waals surface area contributed by atoms with Gasteiger partial charge in [0, 0.05) is 19.1 Å². The molecule has 2 aliphatic heterocycles. The van der Waals surface area contributed by atoms with Crippen LogP contribution in [0.15, 0.2) is 12.1 Å². The second-order valence-corrected chi connectivity index (χ2v) is 9.17. The van der Waals surface area contributed by atoms with Gasteiger partial charge in [0.2, 0.25) is 12.7 Å². The van der Waals surface area contributed by atoms with Crippen LogP contribution in [-0.2, 0) is 4.79 Å². The van der Waals surface area contributed by atoms with Gasteiger partial charge in [0.15, 0.2) is 11.5 Å². The van der Waals surface area contributed by atoms with E-state index in [2.05, 4.69) is 24.1 Å². The normalized spacial score (nSPS) is 25.7. The molecule has 1 amide bonds. The molecule has 2 fully saturated rings. The van der Waals surface area contributed by atoms with E-state index in [4.69, 9.17) is 9.47 Å². The molecule has 1 aromatic carbocycles. The Morgan fingerprint density at radius 3 is 2.40 bits per heavy atom. The largest absolute Gasteiger partial charge is 0.454 e. The van der Waals surface area contributed by atoms with E-state index in [0.717, 1.165) is 45.2 Å². The summed E-state index contributed by atoms with van der Waals surface area (Å²) in [6.45, 7) is 5.85. The highest BCUT2D eigenvalue weighted by molar-refractivity contribution is 5.85. The molecule has 0 aromatic heterocycles. The smallest absolute Gasteiger partial charge is 0.278 e. The molecule has 164 valence electrons. The van der Waals surface area contributed by atoms with Crippen molar-refractivity contribution in [1.82, 2.24) is 10.2 Å². The van der Waals surface area contributed by atoms with Crippen molar-refractivity contribution in [3.05, 3.63) is 27.8 Å². The molecule has 8 nitrogen and oxygen atoms in total. The van der Waals surface area contributed by atoms with Gasteiger partial charge in [-0.2, -0.15) is 0 Å². The van der Waals surface area contributed by atoms with E-state index in [1.807, 2.05) is 0 Å². The number of nitro groups is 1. The Bertz CT molecular complexity index is 798. The van der Waals surface area contributed by atoms with Crippen LogP contribution in [0.4, 0.5) is 5.69 Å². The predicted molar refractivity (Wildman–Crippen MR) is 111 cm³/mol. The first-order valence-electron chi connectivity index (χ1n) is 11.0. The van der Waals surface area contributed by atoms with Crippen molar-refractivity contribution in [3.63, 3.8) is 0 Å².